The number of carbonyl (C=O) groups is 1. The Morgan fingerprint density at radius 1 is 0.906 bits per heavy atom. The van der Waals surface area contributed by atoms with Gasteiger partial charge in [0.2, 0.25) is 0 Å². The number of hydrogen-bond donors (Lipinski definition) is 1. The summed E-state index contributed by atoms with van der Waals surface area (Å²) in [5.41, 5.74) is -3.28. The Hall–Kier alpha value is -2.75. The molecule has 0 saturated carbocycles. The zero-order valence-electron chi connectivity index (χ0n) is 17.6. The molecule has 2 aromatic carbocycles. The number of alkyl carbamates (subject to hydrolysis) is 1. The molecule has 0 aromatic heterocycles. The van der Waals surface area contributed by atoms with Crippen molar-refractivity contribution in [2.45, 2.75) is 51.4 Å². The second-order valence-corrected chi connectivity index (χ2v) is 8.04. The van der Waals surface area contributed by atoms with Crippen LogP contribution in [0.25, 0.3) is 0 Å². The maximum absolute atomic E-state index is 13.0. The lowest BCUT2D eigenvalue weighted by molar-refractivity contribution is -0.143. The molecular weight excluding hydrogens is 440 g/mol. The predicted molar refractivity (Wildman–Crippen MR) is 105 cm³/mol. The van der Waals surface area contributed by atoms with E-state index in [1.54, 1.807) is 51.1 Å². The number of benzene rings is 2. The van der Waals surface area contributed by atoms with E-state index in [9.17, 15) is 31.1 Å². The smallest absolute Gasteiger partial charge is 0.416 e. The van der Waals surface area contributed by atoms with E-state index in [-0.39, 0.29) is 18.2 Å². The molecule has 0 radical (unpaired) electrons. The highest BCUT2D eigenvalue weighted by molar-refractivity contribution is 5.68. The first kappa shape index (κ1) is 25.5. The minimum atomic E-state index is -4.94. The topological polar surface area (TPSA) is 47.6 Å². The number of nitrogens with one attached hydrogen (secondary N) is 1. The number of alkyl halides is 6. The van der Waals surface area contributed by atoms with E-state index in [1.807, 2.05) is 0 Å². The van der Waals surface area contributed by atoms with Crippen LogP contribution in [0.5, 0.6) is 0 Å². The first-order chi connectivity index (χ1) is 14.6. The van der Waals surface area contributed by atoms with Crippen LogP contribution < -0.4 is 5.32 Å². The van der Waals surface area contributed by atoms with Crippen molar-refractivity contribution in [1.29, 1.82) is 0 Å². The van der Waals surface area contributed by atoms with Gasteiger partial charge in [-0.3, -0.25) is 0 Å². The van der Waals surface area contributed by atoms with Crippen molar-refractivity contribution in [2.24, 2.45) is 0 Å². The Balaban J connectivity index is 2.17. The summed E-state index contributed by atoms with van der Waals surface area (Å²) in [6, 6.07) is 9.08. The van der Waals surface area contributed by atoms with Crippen LogP contribution >= 0.6 is 0 Å². The summed E-state index contributed by atoms with van der Waals surface area (Å²) in [6.07, 6.45) is -10.6. The molecule has 0 heterocycles. The summed E-state index contributed by atoms with van der Waals surface area (Å²) in [7, 11) is 0. The van der Waals surface area contributed by atoms with Gasteiger partial charge in [-0.1, -0.05) is 30.3 Å². The van der Waals surface area contributed by atoms with E-state index in [0.717, 1.165) is 0 Å². The molecule has 2 rings (SSSR count). The van der Waals surface area contributed by atoms with Gasteiger partial charge >= 0.3 is 18.4 Å². The Kier molecular flexibility index (Phi) is 7.82. The Morgan fingerprint density at radius 3 is 1.91 bits per heavy atom. The van der Waals surface area contributed by atoms with Crippen molar-refractivity contribution in [1.82, 2.24) is 5.32 Å². The standard InChI is InChI=1S/C22H23F6NO3/c1-20(2,3)32-19(30)29-18(15-7-5-4-6-8-15)13-31-12-14-9-16(21(23,24)25)11-17(10-14)22(26,27)28/h4-11,18H,12-13H2,1-3H3,(H,29,30)/t18-/m1/s1. The highest BCUT2D eigenvalue weighted by atomic mass is 19.4. The molecular formula is C22H23F6NO3. The van der Waals surface area contributed by atoms with Gasteiger partial charge in [-0.05, 0) is 50.1 Å². The quantitative estimate of drug-likeness (QED) is 0.497. The number of amides is 1. The highest BCUT2D eigenvalue weighted by Crippen LogP contribution is 2.36. The molecule has 0 unspecified atom stereocenters. The fourth-order valence-corrected chi connectivity index (χ4v) is 2.75. The lowest BCUT2D eigenvalue weighted by Gasteiger charge is -2.24. The van der Waals surface area contributed by atoms with Crippen LogP contribution in [0.15, 0.2) is 48.5 Å². The van der Waals surface area contributed by atoms with Gasteiger partial charge in [-0.2, -0.15) is 26.3 Å². The SMILES string of the molecule is CC(C)(C)OC(=O)N[C@H](COCc1cc(C(F)(F)F)cc(C(F)(F)F)c1)c1ccccc1. The lowest BCUT2D eigenvalue weighted by Crippen LogP contribution is -2.36. The summed E-state index contributed by atoms with van der Waals surface area (Å²) in [6.45, 7) is 4.29. The lowest BCUT2D eigenvalue weighted by atomic mass is 10.0. The molecule has 0 aliphatic heterocycles. The molecule has 0 aliphatic carbocycles. The van der Waals surface area contributed by atoms with Gasteiger partial charge < -0.3 is 14.8 Å². The molecule has 0 bridgehead atoms. The Labute approximate surface area is 181 Å². The fourth-order valence-electron chi connectivity index (χ4n) is 2.75. The number of carbonyl (C=O) groups excluding carboxylic acids is 1. The average molecular weight is 463 g/mol. The molecule has 32 heavy (non-hydrogen) atoms. The molecule has 176 valence electrons. The van der Waals surface area contributed by atoms with E-state index in [1.165, 1.54) is 0 Å². The van der Waals surface area contributed by atoms with Crippen LogP contribution in [0.3, 0.4) is 0 Å². The van der Waals surface area contributed by atoms with Crippen LogP contribution in [0.2, 0.25) is 0 Å². The van der Waals surface area contributed by atoms with Crippen molar-refractivity contribution in [3.63, 3.8) is 0 Å². The van der Waals surface area contributed by atoms with E-state index < -0.39 is 47.8 Å². The van der Waals surface area contributed by atoms with Crippen LogP contribution in [0.1, 0.15) is 49.1 Å². The zero-order valence-corrected chi connectivity index (χ0v) is 17.6. The molecule has 0 fully saturated rings. The number of halogens is 6. The third-order valence-electron chi connectivity index (χ3n) is 4.09. The molecule has 1 amide bonds. The van der Waals surface area contributed by atoms with E-state index in [2.05, 4.69) is 5.32 Å². The molecule has 1 N–H and O–H groups in total. The van der Waals surface area contributed by atoms with E-state index in [0.29, 0.717) is 17.7 Å². The first-order valence-electron chi connectivity index (χ1n) is 9.56. The van der Waals surface area contributed by atoms with Crippen molar-refractivity contribution in [3.05, 3.63) is 70.8 Å². The predicted octanol–water partition coefficient (Wildman–Crippen LogP) is 6.51. The van der Waals surface area contributed by atoms with Crippen LogP contribution in [-0.2, 0) is 28.4 Å². The van der Waals surface area contributed by atoms with Gasteiger partial charge in [0.1, 0.15) is 5.60 Å². The third kappa shape index (κ3) is 8.07. The second-order valence-electron chi connectivity index (χ2n) is 8.04. The maximum atomic E-state index is 13.0. The van der Waals surface area contributed by atoms with E-state index in [4.69, 9.17) is 9.47 Å². The molecule has 1 atom stereocenters. The van der Waals surface area contributed by atoms with Crippen LogP contribution in [0, 0.1) is 0 Å². The van der Waals surface area contributed by atoms with Gasteiger partial charge in [0.05, 0.1) is 30.4 Å². The normalized spacial score (nSPS) is 13.5. The van der Waals surface area contributed by atoms with E-state index >= 15 is 0 Å². The average Bonchev–Trinajstić information content (AvgIpc) is 2.65. The van der Waals surface area contributed by atoms with Gasteiger partial charge in [0, 0.05) is 0 Å². The van der Waals surface area contributed by atoms with Gasteiger partial charge in [-0.15, -0.1) is 0 Å². The van der Waals surface area contributed by atoms with Gasteiger partial charge in [0.15, 0.2) is 0 Å². The Morgan fingerprint density at radius 2 is 1.44 bits per heavy atom. The minimum absolute atomic E-state index is 0.0559. The molecule has 2 aromatic rings. The molecule has 0 saturated heterocycles. The van der Waals surface area contributed by atoms with Crippen molar-refractivity contribution >= 4 is 6.09 Å². The maximum Gasteiger partial charge on any atom is 0.416 e. The monoisotopic (exact) mass is 463 g/mol. The molecule has 0 aliphatic rings. The summed E-state index contributed by atoms with van der Waals surface area (Å²) in [4.78, 5) is 12.1. The number of ether oxygens (including phenoxy) is 2. The van der Waals surface area contributed by atoms with Gasteiger partial charge in [-0.25, -0.2) is 4.79 Å². The minimum Gasteiger partial charge on any atom is -0.444 e. The molecule has 0 spiro atoms. The first-order valence-corrected chi connectivity index (χ1v) is 9.56. The molecule has 10 heteroatoms. The third-order valence-corrected chi connectivity index (χ3v) is 4.09. The van der Waals surface area contributed by atoms with Crippen molar-refractivity contribution in [3.8, 4) is 0 Å². The largest absolute Gasteiger partial charge is 0.444 e. The number of hydrogen-bond acceptors (Lipinski definition) is 3. The van der Waals surface area contributed by atoms with Crippen LogP contribution in [0.4, 0.5) is 31.1 Å². The van der Waals surface area contributed by atoms with Gasteiger partial charge in [0.25, 0.3) is 0 Å². The van der Waals surface area contributed by atoms with Crippen LogP contribution in [-0.4, -0.2) is 18.3 Å². The Bertz CT molecular complexity index is 872. The van der Waals surface area contributed by atoms with Crippen molar-refractivity contribution in [2.75, 3.05) is 6.61 Å². The zero-order chi connectivity index (χ0) is 24.2. The summed E-state index contributed by atoms with van der Waals surface area (Å²) in [5, 5.41) is 2.60. The summed E-state index contributed by atoms with van der Waals surface area (Å²) < 4.78 is 88.7. The second kappa shape index (κ2) is 9.81. The summed E-state index contributed by atoms with van der Waals surface area (Å²) >= 11 is 0. The summed E-state index contributed by atoms with van der Waals surface area (Å²) in [5.74, 6) is 0. The fraction of sp³-hybridized carbons (Fsp3) is 0.409. The highest BCUT2D eigenvalue weighted by Gasteiger charge is 2.36. The molecule has 4 nitrogen and oxygen atoms in total. The number of rotatable bonds is 6. The van der Waals surface area contributed by atoms with Crippen molar-refractivity contribution < 1.29 is 40.6 Å².